The van der Waals surface area contributed by atoms with E-state index in [4.69, 9.17) is 23.7 Å². The third-order valence-corrected chi connectivity index (χ3v) is 5.60. The van der Waals surface area contributed by atoms with Gasteiger partial charge in [-0.3, -0.25) is 9.59 Å². The molecule has 0 unspecified atom stereocenters. The zero-order valence-corrected chi connectivity index (χ0v) is 19.0. The van der Waals surface area contributed by atoms with Crippen LogP contribution in [0, 0.1) is 5.92 Å². The van der Waals surface area contributed by atoms with Gasteiger partial charge in [-0.2, -0.15) is 0 Å². The quantitative estimate of drug-likeness (QED) is 0.453. The van der Waals surface area contributed by atoms with Crippen molar-refractivity contribution in [2.45, 2.75) is 19.3 Å². The van der Waals surface area contributed by atoms with E-state index < -0.39 is 17.8 Å². The zero-order chi connectivity index (χ0) is 23.3. The fraction of sp³-hybridized carbons (Fsp3) is 0.360. The van der Waals surface area contributed by atoms with Gasteiger partial charge in [0, 0.05) is 11.5 Å². The molecule has 1 aliphatic carbocycles. The fourth-order valence-corrected chi connectivity index (χ4v) is 4.14. The molecule has 2 atom stereocenters. The van der Waals surface area contributed by atoms with Crippen molar-refractivity contribution in [1.82, 2.24) is 0 Å². The first-order valence-corrected chi connectivity index (χ1v) is 10.3. The fourth-order valence-electron chi connectivity index (χ4n) is 4.14. The van der Waals surface area contributed by atoms with Gasteiger partial charge >= 0.3 is 5.97 Å². The second-order valence-electron chi connectivity index (χ2n) is 7.26. The summed E-state index contributed by atoms with van der Waals surface area (Å²) in [5.41, 5.74) is 2.24. The van der Waals surface area contributed by atoms with E-state index in [9.17, 15) is 9.59 Å². The summed E-state index contributed by atoms with van der Waals surface area (Å²) < 4.78 is 27.1. The molecule has 170 valence electrons. The van der Waals surface area contributed by atoms with Gasteiger partial charge in [0.1, 0.15) is 17.4 Å². The summed E-state index contributed by atoms with van der Waals surface area (Å²) in [4.78, 5) is 26.1. The zero-order valence-electron chi connectivity index (χ0n) is 19.0. The Kier molecular flexibility index (Phi) is 7.41. The third kappa shape index (κ3) is 4.42. The molecule has 0 saturated carbocycles. The lowest BCUT2D eigenvalue weighted by molar-refractivity contribution is -0.151. The molecule has 3 rings (SSSR count). The smallest absolute Gasteiger partial charge is 0.317 e. The predicted octanol–water partition coefficient (Wildman–Crippen LogP) is 4.04. The van der Waals surface area contributed by atoms with E-state index in [1.807, 2.05) is 12.1 Å². The Bertz CT molecular complexity index is 1000. The van der Waals surface area contributed by atoms with Crippen molar-refractivity contribution < 1.29 is 33.3 Å². The van der Waals surface area contributed by atoms with Crippen LogP contribution < -0.4 is 18.9 Å². The third-order valence-electron chi connectivity index (χ3n) is 5.60. The van der Waals surface area contributed by atoms with Crippen molar-refractivity contribution in [3.8, 4) is 23.0 Å². The number of allylic oxidation sites excluding steroid dienone is 2. The van der Waals surface area contributed by atoms with Crippen LogP contribution in [0.4, 0.5) is 0 Å². The van der Waals surface area contributed by atoms with Gasteiger partial charge in [0.15, 0.2) is 17.3 Å². The molecular formula is C25H28O7. The highest BCUT2D eigenvalue weighted by Crippen LogP contribution is 2.47. The van der Waals surface area contributed by atoms with Crippen LogP contribution in [0.25, 0.3) is 5.57 Å². The van der Waals surface area contributed by atoms with Crippen LogP contribution in [-0.2, 0) is 14.3 Å². The number of benzene rings is 2. The number of ketones is 1. The maximum absolute atomic E-state index is 13.2. The van der Waals surface area contributed by atoms with Crippen LogP contribution in [-0.4, -0.2) is 46.8 Å². The molecule has 0 heterocycles. The first-order chi connectivity index (χ1) is 15.5. The largest absolute Gasteiger partial charge is 0.496 e. The highest BCUT2D eigenvalue weighted by atomic mass is 16.5. The molecule has 7 nitrogen and oxygen atoms in total. The summed E-state index contributed by atoms with van der Waals surface area (Å²) >= 11 is 0. The van der Waals surface area contributed by atoms with E-state index in [-0.39, 0.29) is 12.4 Å². The Balaban J connectivity index is 2.14. The van der Waals surface area contributed by atoms with Crippen LogP contribution in [0.15, 0.2) is 42.5 Å². The first kappa shape index (κ1) is 23.2. The summed E-state index contributed by atoms with van der Waals surface area (Å²) in [6.07, 6.45) is 1.92. The van der Waals surface area contributed by atoms with E-state index >= 15 is 0 Å². The first-order valence-electron chi connectivity index (χ1n) is 10.3. The van der Waals surface area contributed by atoms with Gasteiger partial charge in [-0.25, -0.2) is 0 Å². The molecule has 0 saturated heterocycles. The van der Waals surface area contributed by atoms with Gasteiger partial charge in [-0.15, -0.1) is 0 Å². The Labute approximate surface area is 187 Å². The van der Waals surface area contributed by atoms with E-state index in [1.54, 1.807) is 59.6 Å². The monoisotopic (exact) mass is 440 g/mol. The molecule has 0 bridgehead atoms. The molecule has 2 aromatic rings. The van der Waals surface area contributed by atoms with E-state index in [1.165, 1.54) is 6.08 Å². The van der Waals surface area contributed by atoms with Crippen molar-refractivity contribution in [2.75, 3.05) is 35.0 Å². The molecule has 0 spiro atoms. The van der Waals surface area contributed by atoms with Gasteiger partial charge in [-0.1, -0.05) is 12.1 Å². The second kappa shape index (κ2) is 10.2. The minimum atomic E-state index is -0.996. The molecular weight excluding hydrogens is 412 g/mol. The summed E-state index contributed by atoms with van der Waals surface area (Å²) in [5, 5.41) is 0. The number of carbonyl (C=O) groups excluding carboxylic acids is 2. The van der Waals surface area contributed by atoms with Gasteiger partial charge in [0.05, 0.1) is 35.0 Å². The van der Waals surface area contributed by atoms with Crippen LogP contribution in [0.1, 0.15) is 30.4 Å². The van der Waals surface area contributed by atoms with Gasteiger partial charge in [0.25, 0.3) is 0 Å². The maximum atomic E-state index is 13.2. The van der Waals surface area contributed by atoms with Gasteiger partial charge < -0.3 is 23.7 Å². The summed E-state index contributed by atoms with van der Waals surface area (Å²) in [7, 11) is 6.22. The van der Waals surface area contributed by atoms with Crippen LogP contribution in [0.2, 0.25) is 0 Å². The normalized spacial score (nSPS) is 17.9. The van der Waals surface area contributed by atoms with Gasteiger partial charge in [0.2, 0.25) is 0 Å². The number of hydrogen-bond acceptors (Lipinski definition) is 7. The second-order valence-corrected chi connectivity index (χ2v) is 7.26. The highest BCUT2D eigenvalue weighted by Gasteiger charge is 2.42. The minimum Gasteiger partial charge on any atom is -0.496 e. The van der Waals surface area contributed by atoms with Crippen molar-refractivity contribution in [3.05, 3.63) is 53.6 Å². The SMILES string of the molecule is CCOC(=O)[C@H]1C(=O)C=C(c2ccc(OC)c(OC)c2)C[C@@H]1c1c(OC)cccc1OC. The van der Waals surface area contributed by atoms with Gasteiger partial charge in [-0.05, 0) is 54.8 Å². The molecule has 0 N–H and O–H groups in total. The summed E-state index contributed by atoms with van der Waals surface area (Å²) in [5.74, 6) is -0.168. The molecule has 0 aliphatic heterocycles. The highest BCUT2D eigenvalue weighted by molar-refractivity contribution is 6.11. The Hall–Kier alpha value is -3.48. The van der Waals surface area contributed by atoms with Crippen molar-refractivity contribution in [1.29, 1.82) is 0 Å². The Morgan fingerprint density at radius 1 is 0.906 bits per heavy atom. The average molecular weight is 440 g/mol. The van der Waals surface area contributed by atoms with E-state index in [2.05, 4.69) is 0 Å². The number of carbonyl (C=O) groups is 2. The molecule has 0 amide bonds. The maximum Gasteiger partial charge on any atom is 0.317 e. The molecule has 0 aromatic heterocycles. The molecule has 32 heavy (non-hydrogen) atoms. The molecule has 2 aromatic carbocycles. The number of esters is 1. The van der Waals surface area contributed by atoms with E-state index in [0.29, 0.717) is 35.0 Å². The topological polar surface area (TPSA) is 80.3 Å². The molecule has 0 fully saturated rings. The van der Waals surface area contributed by atoms with Crippen LogP contribution in [0.3, 0.4) is 0 Å². The molecule has 0 radical (unpaired) electrons. The minimum absolute atomic E-state index is 0.185. The average Bonchev–Trinajstić information content (AvgIpc) is 2.82. The summed E-state index contributed by atoms with van der Waals surface area (Å²) in [6.45, 7) is 1.90. The lowest BCUT2D eigenvalue weighted by Gasteiger charge is -2.31. The standard InChI is InChI=1S/C25H28O7/c1-6-32-25(27)23-17(24-20(29-3)8-7-9-21(24)30-4)12-16(13-18(23)26)15-10-11-19(28-2)22(14-15)31-5/h7-11,13-14,17,23H,6,12H2,1-5H3/t17-,23+/m0/s1. The van der Waals surface area contributed by atoms with E-state index in [0.717, 1.165) is 11.1 Å². The lowest BCUT2D eigenvalue weighted by atomic mass is 9.73. The number of hydrogen-bond donors (Lipinski definition) is 0. The Morgan fingerprint density at radius 2 is 1.53 bits per heavy atom. The van der Waals surface area contributed by atoms with Crippen LogP contribution in [0.5, 0.6) is 23.0 Å². The molecule has 1 aliphatic rings. The van der Waals surface area contributed by atoms with Crippen molar-refractivity contribution in [2.24, 2.45) is 5.92 Å². The number of ether oxygens (including phenoxy) is 5. The predicted molar refractivity (Wildman–Crippen MR) is 120 cm³/mol. The Morgan fingerprint density at radius 3 is 2.09 bits per heavy atom. The van der Waals surface area contributed by atoms with Crippen LogP contribution >= 0.6 is 0 Å². The summed E-state index contributed by atoms with van der Waals surface area (Å²) in [6, 6.07) is 10.9. The lowest BCUT2D eigenvalue weighted by Crippen LogP contribution is -2.34. The van der Waals surface area contributed by atoms with Crippen molar-refractivity contribution in [3.63, 3.8) is 0 Å². The number of rotatable bonds is 8. The number of methoxy groups -OCH3 is 4. The molecule has 7 heteroatoms. The van der Waals surface area contributed by atoms with Crippen molar-refractivity contribution >= 4 is 17.3 Å².